The Morgan fingerprint density at radius 2 is 1.73 bits per heavy atom. The van der Waals surface area contributed by atoms with Crippen LogP contribution >= 0.6 is 0 Å². The fourth-order valence-electron chi connectivity index (χ4n) is 1.91. The third kappa shape index (κ3) is 1.27. The lowest BCUT2D eigenvalue weighted by Crippen LogP contribution is -2.56. The Morgan fingerprint density at radius 1 is 1.09 bits per heavy atom. The van der Waals surface area contributed by atoms with Gasteiger partial charge in [0.2, 0.25) is 0 Å². The molecule has 2 rings (SSSR count). The van der Waals surface area contributed by atoms with Crippen LogP contribution in [-0.4, -0.2) is 31.8 Å². The van der Waals surface area contributed by atoms with Crippen LogP contribution in [0.25, 0.3) is 0 Å². The molecular weight excluding hydrogens is 143 g/mol. The van der Waals surface area contributed by atoms with Crippen molar-refractivity contribution in [2.75, 3.05) is 26.2 Å². The van der Waals surface area contributed by atoms with E-state index in [1.807, 2.05) is 0 Å². The number of alkyl halides is 1. The van der Waals surface area contributed by atoms with Crippen LogP contribution in [0, 0.1) is 5.92 Å². The molecule has 0 radical (unpaired) electrons. The Bertz CT molecular complexity index is 139. The summed E-state index contributed by atoms with van der Waals surface area (Å²) in [5.74, 6) is 0.296. The predicted octanol–water partition coefficient (Wildman–Crippen LogP) is 0.297. The molecule has 0 saturated carbocycles. The largest absolute Gasteiger partial charge is 0.316 e. The molecule has 2 aliphatic heterocycles. The number of piperidine rings is 1. The van der Waals surface area contributed by atoms with E-state index < -0.39 is 5.67 Å². The first-order valence-corrected chi connectivity index (χ1v) is 4.42. The number of nitrogens with one attached hydrogen (secondary N) is 2. The quantitative estimate of drug-likeness (QED) is 0.573. The van der Waals surface area contributed by atoms with Crippen molar-refractivity contribution in [1.82, 2.24) is 10.6 Å². The van der Waals surface area contributed by atoms with Crippen molar-refractivity contribution in [1.29, 1.82) is 0 Å². The topological polar surface area (TPSA) is 24.1 Å². The smallest absolute Gasteiger partial charge is 0.118 e. The highest BCUT2D eigenvalue weighted by molar-refractivity contribution is 4.96. The number of halogens is 1. The van der Waals surface area contributed by atoms with E-state index in [9.17, 15) is 4.39 Å². The van der Waals surface area contributed by atoms with Gasteiger partial charge in [-0.3, -0.25) is 0 Å². The summed E-state index contributed by atoms with van der Waals surface area (Å²) in [6.07, 6.45) is 1.42. The van der Waals surface area contributed by atoms with Gasteiger partial charge in [-0.1, -0.05) is 0 Å². The van der Waals surface area contributed by atoms with Gasteiger partial charge in [0.05, 0.1) is 0 Å². The average molecular weight is 158 g/mol. The van der Waals surface area contributed by atoms with Crippen LogP contribution in [0.5, 0.6) is 0 Å². The summed E-state index contributed by atoms with van der Waals surface area (Å²) in [6, 6.07) is 0. The summed E-state index contributed by atoms with van der Waals surface area (Å²) in [7, 11) is 0. The molecule has 2 fully saturated rings. The summed E-state index contributed by atoms with van der Waals surface area (Å²) in [5.41, 5.74) is -0.851. The SMILES string of the molecule is FC1(C2CNC2)CCNCC1. The van der Waals surface area contributed by atoms with Crippen LogP contribution < -0.4 is 10.6 Å². The molecule has 0 amide bonds. The lowest BCUT2D eigenvalue weighted by atomic mass is 9.78. The third-order valence-electron chi connectivity index (χ3n) is 2.95. The van der Waals surface area contributed by atoms with E-state index in [4.69, 9.17) is 0 Å². The lowest BCUT2D eigenvalue weighted by molar-refractivity contribution is 0.0183. The Morgan fingerprint density at radius 3 is 2.18 bits per heavy atom. The molecule has 2 saturated heterocycles. The highest BCUT2D eigenvalue weighted by Gasteiger charge is 2.42. The second-order valence-electron chi connectivity index (χ2n) is 3.64. The van der Waals surface area contributed by atoms with E-state index in [0.717, 1.165) is 26.2 Å². The van der Waals surface area contributed by atoms with Crippen LogP contribution in [0.1, 0.15) is 12.8 Å². The average Bonchev–Trinajstić information content (AvgIpc) is 1.83. The van der Waals surface area contributed by atoms with Gasteiger partial charge in [-0.15, -0.1) is 0 Å². The summed E-state index contributed by atoms with van der Waals surface area (Å²) in [4.78, 5) is 0. The standard InChI is InChI=1S/C8H15FN2/c9-8(7-5-11-6-7)1-3-10-4-2-8/h7,10-11H,1-6H2. The highest BCUT2D eigenvalue weighted by atomic mass is 19.1. The van der Waals surface area contributed by atoms with Gasteiger partial charge >= 0.3 is 0 Å². The van der Waals surface area contributed by atoms with Crippen molar-refractivity contribution < 1.29 is 4.39 Å². The molecule has 0 aromatic carbocycles. The first-order valence-electron chi connectivity index (χ1n) is 4.42. The van der Waals surface area contributed by atoms with Gasteiger partial charge in [-0.05, 0) is 25.9 Å². The first kappa shape index (κ1) is 7.50. The Kier molecular flexibility index (Phi) is 1.85. The fraction of sp³-hybridized carbons (Fsp3) is 1.00. The molecule has 2 aliphatic rings. The molecule has 3 heteroatoms. The predicted molar refractivity (Wildman–Crippen MR) is 42.3 cm³/mol. The second kappa shape index (κ2) is 2.72. The maximum atomic E-state index is 13.9. The van der Waals surface area contributed by atoms with Gasteiger partial charge in [0.15, 0.2) is 0 Å². The molecule has 0 spiro atoms. The Hall–Kier alpha value is -0.150. The van der Waals surface area contributed by atoms with E-state index in [0.29, 0.717) is 18.8 Å². The molecule has 2 heterocycles. The molecule has 2 N–H and O–H groups in total. The lowest BCUT2D eigenvalue weighted by Gasteiger charge is -2.42. The monoisotopic (exact) mass is 158 g/mol. The minimum Gasteiger partial charge on any atom is -0.316 e. The molecule has 0 unspecified atom stereocenters. The zero-order chi connectivity index (χ0) is 7.73. The zero-order valence-electron chi connectivity index (χ0n) is 6.70. The molecule has 0 atom stereocenters. The van der Waals surface area contributed by atoms with Crippen molar-refractivity contribution in [2.24, 2.45) is 5.92 Å². The summed E-state index contributed by atoms with van der Waals surface area (Å²) < 4.78 is 13.9. The zero-order valence-corrected chi connectivity index (χ0v) is 6.70. The second-order valence-corrected chi connectivity index (χ2v) is 3.64. The molecule has 0 bridgehead atoms. The van der Waals surface area contributed by atoms with Crippen molar-refractivity contribution in [3.63, 3.8) is 0 Å². The van der Waals surface area contributed by atoms with E-state index in [2.05, 4.69) is 10.6 Å². The van der Waals surface area contributed by atoms with Crippen LogP contribution in [0.2, 0.25) is 0 Å². The van der Waals surface area contributed by atoms with Crippen LogP contribution in [-0.2, 0) is 0 Å². The molecule has 64 valence electrons. The van der Waals surface area contributed by atoms with Crippen LogP contribution in [0.4, 0.5) is 4.39 Å². The Labute approximate surface area is 66.5 Å². The van der Waals surface area contributed by atoms with Gasteiger partial charge in [0, 0.05) is 19.0 Å². The van der Waals surface area contributed by atoms with Crippen LogP contribution in [0.3, 0.4) is 0 Å². The number of hydrogen-bond donors (Lipinski definition) is 2. The summed E-state index contributed by atoms with van der Waals surface area (Å²) >= 11 is 0. The molecule has 0 aliphatic carbocycles. The maximum absolute atomic E-state index is 13.9. The number of rotatable bonds is 1. The molecule has 11 heavy (non-hydrogen) atoms. The summed E-state index contributed by atoms with van der Waals surface area (Å²) in [6.45, 7) is 3.48. The normalized spacial score (nSPS) is 31.4. The molecule has 0 aromatic rings. The Balaban J connectivity index is 1.94. The van der Waals surface area contributed by atoms with Crippen molar-refractivity contribution >= 4 is 0 Å². The van der Waals surface area contributed by atoms with E-state index in [-0.39, 0.29) is 0 Å². The minimum absolute atomic E-state index is 0.296. The van der Waals surface area contributed by atoms with Gasteiger partial charge in [0.25, 0.3) is 0 Å². The minimum atomic E-state index is -0.851. The van der Waals surface area contributed by atoms with Crippen molar-refractivity contribution in [3.8, 4) is 0 Å². The summed E-state index contributed by atoms with van der Waals surface area (Å²) in [5, 5.41) is 6.31. The van der Waals surface area contributed by atoms with Gasteiger partial charge in [-0.2, -0.15) is 0 Å². The van der Waals surface area contributed by atoms with E-state index in [1.165, 1.54) is 0 Å². The van der Waals surface area contributed by atoms with Gasteiger partial charge < -0.3 is 10.6 Å². The van der Waals surface area contributed by atoms with Crippen molar-refractivity contribution in [2.45, 2.75) is 18.5 Å². The maximum Gasteiger partial charge on any atom is 0.118 e. The van der Waals surface area contributed by atoms with Gasteiger partial charge in [0.1, 0.15) is 5.67 Å². The number of hydrogen-bond acceptors (Lipinski definition) is 2. The van der Waals surface area contributed by atoms with E-state index >= 15 is 0 Å². The first-order chi connectivity index (χ1) is 5.31. The van der Waals surface area contributed by atoms with Gasteiger partial charge in [-0.25, -0.2) is 4.39 Å². The molecular formula is C8H15FN2. The van der Waals surface area contributed by atoms with Crippen molar-refractivity contribution in [3.05, 3.63) is 0 Å². The fourth-order valence-corrected chi connectivity index (χ4v) is 1.91. The third-order valence-corrected chi connectivity index (χ3v) is 2.95. The highest BCUT2D eigenvalue weighted by Crippen LogP contribution is 2.33. The molecule has 0 aromatic heterocycles. The van der Waals surface area contributed by atoms with Crippen LogP contribution in [0.15, 0.2) is 0 Å². The molecule has 2 nitrogen and oxygen atoms in total. The van der Waals surface area contributed by atoms with E-state index in [1.54, 1.807) is 0 Å².